The van der Waals surface area contributed by atoms with Gasteiger partial charge in [0, 0.05) is 16.8 Å². The Hall–Kier alpha value is -1.67. The predicted molar refractivity (Wildman–Crippen MR) is 106 cm³/mol. The van der Waals surface area contributed by atoms with Crippen LogP contribution in [0.3, 0.4) is 0 Å². The third-order valence-corrected chi connectivity index (χ3v) is 6.57. The lowest BCUT2D eigenvalue weighted by Crippen LogP contribution is -2.37. The summed E-state index contributed by atoms with van der Waals surface area (Å²) in [6, 6.07) is 0. The van der Waals surface area contributed by atoms with Crippen LogP contribution in [0.4, 0.5) is 0 Å². The quantitative estimate of drug-likeness (QED) is 0.559. The first-order valence-electron chi connectivity index (χ1n) is 9.00. The van der Waals surface area contributed by atoms with Crippen molar-refractivity contribution in [1.82, 2.24) is 20.6 Å². The molecule has 2 aromatic heterocycles. The van der Waals surface area contributed by atoms with E-state index in [0.29, 0.717) is 12.5 Å². The van der Waals surface area contributed by atoms with Crippen molar-refractivity contribution < 1.29 is 9.59 Å². The van der Waals surface area contributed by atoms with Crippen molar-refractivity contribution in [2.75, 3.05) is 18.8 Å². The number of nitrogens with one attached hydrogen (secondary N) is 2. The number of aryl methyl sites for hydroxylation is 1. The Morgan fingerprint density at radius 3 is 2.96 bits per heavy atom. The second-order valence-corrected chi connectivity index (χ2v) is 8.67. The highest BCUT2D eigenvalue weighted by Crippen LogP contribution is 2.40. The maximum Gasteiger partial charge on any atom is 0.239 e. The maximum atomic E-state index is 12.0. The highest BCUT2D eigenvalue weighted by molar-refractivity contribution is 8.00. The fourth-order valence-electron chi connectivity index (χ4n) is 3.05. The standard InChI is InChI=1S/C18H24N4O2S2/c1-3-6-19-14(23)8-20-15(24)9-25-17-16-12-5-4-11(2)7-13(12)26-18(16)22-10-21-17/h10-11H,3-9H2,1-2H3,(H,19,23)(H,20,24)/t11-/m0/s1. The molecule has 1 atom stereocenters. The summed E-state index contributed by atoms with van der Waals surface area (Å²) in [5, 5.41) is 7.39. The number of carbonyl (C=O) groups excluding carboxylic acids is 2. The number of thiophene rings is 1. The molecule has 1 aliphatic rings. The third-order valence-electron chi connectivity index (χ3n) is 4.42. The molecule has 1 aliphatic carbocycles. The molecule has 2 aromatic rings. The van der Waals surface area contributed by atoms with Crippen molar-refractivity contribution in [1.29, 1.82) is 0 Å². The molecular formula is C18H24N4O2S2. The van der Waals surface area contributed by atoms with Crippen molar-refractivity contribution in [3.8, 4) is 0 Å². The van der Waals surface area contributed by atoms with Gasteiger partial charge in [0.1, 0.15) is 16.2 Å². The molecule has 2 heterocycles. The predicted octanol–water partition coefficient (Wildman–Crippen LogP) is 2.55. The molecule has 26 heavy (non-hydrogen) atoms. The van der Waals surface area contributed by atoms with E-state index < -0.39 is 0 Å². The molecule has 6 nitrogen and oxygen atoms in total. The summed E-state index contributed by atoms with van der Waals surface area (Å²) in [5.41, 5.74) is 1.37. The summed E-state index contributed by atoms with van der Waals surface area (Å²) >= 11 is 3.17. The maximum absolute atomic E-state index is 12.0. The van der Waals surface area contributed by atoms with E-state index in [1.807, 2.05) is 6.92 Å². The summed E-state index contributed by atoms with van der Waals surface area (Å²) in [6.07, 6.45) is 5.80. The van der Waals surface area contributed by atoms with Crippen LogP contribution in [0.25, 0.3) is 10.2 Å². The summed E-state index contributed by atoms with van der Waals surface area (Å²) in [5.74, 6) is 0.639. The van der Waals surface area contributed by atoms with Gasteiger partial charge in [0.25, 0.3) is 0 Å². The SMILES string of the molecule is CCCNC(=O)CNC(=O)CSc1ncnc2sc3c(c12)CC[C@H](C)C3. The molecule has 0 spiro atoms. The molecule has 2 amide bonds. The van der Waals surface area contributed by atoms with E-state index in [1.54, 1.807) is 17.7 Å². The Bertz CT molecular complexity index is 806. The van der Waals surface area contributed by atoms with Gasteiger partial charge in [-0.05, 0) is 37.2 Å². The molecule has 0 aromatic carbocycles. The number of nitrogens with zero attached hydrogens (tertiary/aromatic N) is 2. The zero-order chi connectivity index (χ0) is 18.5. The van der Waals surface area contributed by atoms with Crippen LogP contribution in [0, 0.1) is 5.92 Å². The van der Waals surface area contributed by atoms with Crippen LogP contribution in [0.5, 0.6) is 0 Å². The second kappa shape index (κ2) is 8.81. The lowest BCUT2D eigenvalue weighted by molar-refractivity contribution is -0.124. The largest absolute Gasteiger partial charge is 0.355 e. The van der Waals surface area contributed by atoms with Gasteiger partial charge in [0.05, 0.1) is 12.3 Å². The number of amides is 2. The normalized spacial score (nSPS) is 16.3. The van der Waals surface area contributed by atoms with Gasteiger partial charge in [0.2, 0.25) is 11.8 Å². The number of hydrogen-bond acceptors (Lipinski definition) is 6. The van der Waals surface area contributed by atoms with Crippen LogP contribution >= 0.6 is 23.1 Å². The first-order valence-corrected chi connectivity index (χ1v) is 10.8. The van der Waals surface area contributed by atoms with E-state index >= 15 is 0 Å². The Kier molecular flexibility index (Phi) is 6.48. The highest BCUT2D eigenvalue weighted by atomic mass is 32.2. The van der Waals surface area contributed by atoms with E-state index in [0.717, 1.165) is 34.5 Å². The Labute approximate surface area is 161 Å². The van der Waals surface area contributed by atoms with E-state index in [-0.39, 0.29) is 24.1 Å². The number of aromatic nitrogens is 2. The Balaban J connectivity index is 1.62. The molecule has 0 saturated heterocycles. The molecule has 0 bridgehead atoms. The Morgan fingerprint density at radius 1 is 1.31 bits per heavy atom. The van der Waals surface area contributed by atoms with Crippen LogP contribution in [0.15, 0.2) is 11.4 Å². The van der Waals surface area contributed by atoms with Crippen molar-refractivity contribution in [2.45, 2.75) is 44.6 Å². The average molecular weight is 393 g/mol. The summed E-state index contributed by atoms with van der Waals surface area (Å²) in [4.78, 5) is 34.9. The van der Waals surface area contributed by atoms with Crippen LogP contribution in [0.2, 0.25) is 0 Å². The fourth-order valence-corrected chi connectivity index (χ4v) is 5.32. The minimum absolute atomic E-state index is 0.0182. The number of fused-ring (bicyclic) bond motifs is 3. The number of rotatable bonds is 7. The van der Waals surface area contributed by atoms with Gasteiger partial charge in [-0.25, -0.2) is 9.97 Å². The van der Waals surface area contributed by atoms with Gasteiger partial charge < -0.3 is 10.6 Å². The number of hydrogen-bond donors (Lipinski definition) is 2. The van der Waals surface area contributed by atoms with E-state index in [1.165, 1.54) is 28.6 Å². The zero-order valence-electron chi connectivity index (χ0n) is 15.1. The molecule has 3 rings (SSSR count). The summed E-state index contributed by atoms with van der Waals surface area (Å²) < 4.78 is 0. The average Bonchev–Trinajstić information content (AvgIpc) is 3.00. The smallest absolute Gasteiger partial charge is 0.239 e. The Morgan fingerprint density at radius 2 is 2.15 bits per heavy atom. The van der Waals surface area contributed by atoms with Crippen molar-refractivity contribution >= 4 is 45.1 Å². The highest BCUT2D eigenvalue weighted by Gasteiger charge is 2.23. The number of carbonyl (C=O) groups is 2. The lowest BCUT2D eigenvalue weighted by Gasteiger charge is -2.18. The van der Waals surface area contributed by atoms with Crippen LogP contribution < -0.4 is 10.6 Å². The van der Waals surface area contributed by atoms with Gasteiger partial charge in [-0.3, -0.25) is 9.59 Å². The molecule has 0 fully saturated rings. The van der Waals surface area contributed by atoms with E-state index in [4.69, 9.17) is 0 Å². The fraction of sp³-hybridized carbons (Fsp3) is 0.556. The van der Waals surface area contributed by atoms with E-state index in [2.05, 4.69) is 27.5 Å². The van der Waals surface area contributed by atoms with Gasteiger partial charge >= 0.3 is 0 Å². The summed E-state index contributed by atoms with van der Waals surface area (Å²) in [6.45, 7) is 4.92. The lowest BCUT2D eigenvalue weighted by atomic mass is 9.89. The molecule has 0 saturated carbocycles. The van der Waals surface area contributed by atoms with Crippen LogP contribution in [-0.2, 0) is 22.4 Å². The van der Waals surface area contributed by atoms with Gasteiger partial charge in [-0.15, -0.1) is 11.3 Å². The van der Waals surface area contributed by atoms with Crippen LogP contribution in [-0.4, -0.2) is 40.6 Å². The molecular weight excluding hydrogens is 368 g/mol. The van der Waals surface area contributed by atoms with Crippen molar-refractivity contribution in [3.63, 3.8) is 0 Å². The first-order chi connectivity index (χ1) is 12.6. The summed E-state index contributed by atoms with van der Waals surface area (Å²) in [7, 11) is 0. The molecule has 8 heteroatoms. The van der Waals surface area contributed by atoms with Crippen molar-refractivity contribution in [3.05, 3.63) is 16.8 Å². The molecule has 140 valence electrons. The molecule has 0 unspecified atom stereocenters. The second-order valence-electron chi connectivity index (χ2n) is 6.63. The topological polar surface area (TPSA) is 84.0 Å². The van der Waals surface area contributed by atoms with E-state index in [9.17, 15) is 9.59 Å². The number of thioether (sulfide) groups is 1. The first kappa shape index (κ1) is 19.1. The zero-order valence-corrected chi connectivity index (χ0v) is 16.8. The monoisotopic (exact) mass is 392 g/mol. The minimum Gasteiger partial charge on any atom is -0.355 e. The van der Waals surface area contributed by atoms with Gasteiger partial charge in [-0.2, -0.15) is 0 Å². The van der Waals surface area contributed by atoms with Crippen molar-refractivity contribution in [2.24, 2.45) is 5.92 Å². The molecule has 0 radical (unpaired) electrons. The van der Waals surface area contributed by atoms with Gasteiger partial charge in [-0.1, -0.05) is 25.6 Å². The molecule has 2 N–H and O–H groups in total. The third kappa shape index (κ3) is 4.54. The van der Waals surface area contributed by atoms with Crippen LogP contribution in [0.1, 0.15) is 37.1 Å². The molecule has 0 aliphatic heterocycles. The van der Waals surface area contributed by atoms with Gasteiger partial charge in [0.15, 0.2) is 0 Å². The minimum atomic E-state index is -0.161.